The normalized spacial score (nSPS) is 12.7. The Labute approximate surface area is 395 Å². The minimum absolute atomic E-state index is 0.114. The minimum Gasteiger partial charge on any atom is -0.462 e. The van der Waals surface area contributed by atoms with Crippen molar-refractivity contribution in [2.45, 2.75) is 252 Å². The molecule has 6 nitrogen and oxygen atoms in total. The molecule has 0 radical (unpaired) electrons. The van der Waals surface area contributed by atoms with Gasteiger partial charge >= 0.3 is 17.9 Å². The molecular weight excluding hydrogens is 793 g/mol. The Morgan fingerprint density at radius 3 is 1.06 bits per heavy atom. The van der Waals surface area contributed by atoms with E-state index >= 15 is 0 Å². The second kappa shape index (κ2) is 52.2. The molecule has 0 aliphatic heterocycles. The maximum atomic E-state index is 12.8. The number of hydrogen-bond acceptors (Lipinski definition) is 6. The molecule has 0 amide bonds. The first-order chi connectivity index (χ1) is 31.5. The highest BCUT2D eigenvalue weighted by Gasteiger charge is 2.19. The van der Waals surface area contributed by atoms with E-state index in [0.717, 1.165) is 77.0 Å². The van der Waals surface area contributed by atoms with Crippen molar-refractivity contribution in [1.82, 2.24) is 0 Å². The fourth-order valence-corrected chi connectivity index (χ4v) is 7.11. The van der Waals surface area contributed by atoms with Gasteiger partial charge in [-0.1, -0.05) is 202 Å². The zero-order valence-corrected chi connectivity index (χ0v) is 41.8. The molecule has 0 aromatic rings. The van der Waals surface area contributed by atoms with Gasteiger partial charge in [0.2, 0.25) is 0 Å². The molecule has 0 aliphatic carbocycles. The monoisotopic (exact) mass is 891 g/mol. The average Bonchev–Trinajstić information content (AvgIpc) is 3.29. The molecule has 0 fully saturated rings. The maximum Gasteiger partial charge on any atom is 0.306 e. The van der Waals surface area contributed by atoms with Crippen LogP contribution in [0.1, 0.15) is 245 Å². The van der Waals surface area contributed by atoms with Gasteiger partial charge in [-0.2, -0.15) is 0 Å². The number of ether oxygens (including phenoxy) is 3. The minimum atomic E-state index is -0.814. The highest BCUT2D eigenvalue weighted by molar-refractivity contribution is 5.71. The van der Waals surface area contributed by atoms with Crippen LogP contribution in [0.2, 0.25) is 0 Å². The standard InChI is InChI=1S/C58H98O6/c1-4-7-10-13-16-19-22-25-27-29-31-33-36-39-42-45-48-51-57(60)63-54-55(53-62-56(59)50-47-44-41-38-35-24-21-18-15-12-9-6-3)64-58(61)52-49-46-43-40-37-34-32-30-28-26-23-20-17-14-11-8-5-2/h9,12,18,21,25-28,31,33,35,38-39,42,55H,4-8,10-11,13-17,19-20,22-24,29-30,32,34,36-37,40-41,43-54H2,1-3H3/b12-9-,21-18-,27-25-,28-26-,33-31-,38-35-,42-39-. The van der Waals surface area contributed by atoms with E-state index in [-0.39, 0.29) is 37.5 Å². The lowest BCUT2D eigenvalue weighted by molar-refractivity contribution is -0.167. The number of allylic oxidation sites excluding steroid dienone is 14. The van der Waals surface area contributed by atoms with Gasteiger partial charge in [0.05, 0.1) is 0 Å². The first-order valence-corrected chi connectivity index (χ1v) is 26.6. The molecule has 0 aromatic carbocycles. The van der Waals surface area contributed by atoms with Crippen molar-refractivity contribution in [3.05, 3.63) is 85.1 Å². The highest BCUT2D eigenvalue weighted by Crippen LogP contribution is 2.13. The quantitative estimate of drug-likeness (QED) is 0.0262. The topological polar surface area (TPSA) is 78.9 Å². The molecule has 64 heavy (non-hydrogen) atoms. The summed E-state index contributed by atoms with van der Waals surface area (Å²) in [5, 5.41) is 0. The molecule has 0 heterocycles. The molecule has 0 saturated heterocycles. The number of carbonyl (C=O) groups excluding carboxylic acids is 3. The van der Waals surface area contributed by atoms with Crippen molar-refractivity contribution >= 4 is 17.9 Å². The zero-order valence-electron chi connectivity index (χ0n) is 41.8. The van der Waals surface area contributed by atoms with Crippen molar-refractivity contribution in [2.75, 3.05) is 13.2 Å². The van der Waals surface area contributed by atoms with E-state index in [1.54, 1.807) is 0 Å². The molecule has 1 unspecified atom stereocenters. The van der Waals surface area contributed by atoms with Crippen LogP contribution in [0.3, 0.4) is 0 Å². The number of esters is 3. The molecule has 6 heteroatoms. The molecule has 0 spiro atoms. The van der Waals surface area contributed by atoms with Gasteiger partial charge in [-0.05, 0) is 109 Å². The van der Waals surface area contributed by atoms with Crippen LogP contribution < -0.4 is 0 Å². The average molecular weight is 891 g/mol. The van der Waals surface area contributed by atoms with Crippen molar-refractivity contribution in [1.29, 1.82) is 0 Å². The molecule has 0 N–H and O–H groups in total. The van der Waals surface area contributed by atoms with Gasteiger partial charge in [0, 0.05) is 19.3 Å². The van der Waals surface area contributed by atoms with Gasteiger partial charge in [-0.15, -0.1) is 0 Å². The highest BCUT2D eigenvalue weighted by atomic mass is 16.6. The fraction of sp³-hybridized carbons (Fsp3) is 0.707. The Balaban J connectivity index is 4.49. The van der Waals surface area contributed by atoms with Gasteiger partial charge in [-0.3, -0.25) is 14.4 Å². The summed E-state index contributed by atoms with van der Waals surface area (Å²) in [5.74, 6) is -1.01. The number of unbranched alkanes of at least 4 members (excludes halogenated alkanes) is 22. The summed E-state index contributed by atoms with van der Waals surface area (Å²) in [4.78, 5) is 38.0. The van der Waals surface area contributed by atoms with Crippen molar-refractivity contribution in [3.63, 3.8) is 0 Å². The third-order valence-corrected chi connectivity index (χ3v) is 11.1. The van der Waals surface area contributed by atoms with Gasteiger partial charge in [-0.25, -0.2) is 0 Å². The molecule has 0 saturated carbocycles. The maximum absolute atomic E-state index is 12.8. The second-order valence-electron chi connectivity index (χ2n) is 17.4. The summed E-state index contributed by atoms with van der Waals surface area (Å²) < 4.78 is 16.7. The molecule has 0 rings (SSSR count). The Kier molecular flexibility index (Phi) is 49.4. The van der Waals surface area contributed by atoms with Crippen molar-refractivity contribution in [2.24, 2.45) is 0 Å². The molecule has 0 bridgehead atoms. The summed E-state index contributed by atoms with van der Waals surface area (Å²) in [6, 6.07) is 0. The van der Waals surface area contributed by atoms with Crippen LogP contribution in [0.4, 0.5) is 0 Å². The first kappa shape index (κ1) is 60.6. The van der Waals surface area contributed by atoms with E-state index in [1.165, 1.54) is 122 Å². The van der Waals surface area contributed by atoms with E-state index in [4.69, 9.17) is 14.2 Å². The third kappa shape index (κ3) is 49.6. The zero-order chi connectivity index (χ0) is 46.5. The first-order valence-electron chi connectivity index (χ1n) is 26.6. The van der Waals surface area contributed by atoms with E-state index in [2.05, 4.69) is 106 Å². The summed E-state index contributed by atoms with van der Waals surface area (Å²) in [7, 11) is 0. The lowest BCUT2D eigenvalue weighted by Gasteiger charge is -2.18. The van der Waals surface area contributed by atoms with E-state index < -0.39 is 6.10 Å². The Morgan fingerprint density at radius 1 is 0.328 bits per heavy atom. The number of rotatable bonds is 47. The Bertz CT molecular complexity index is 1250. The van der Waals surface area contributed by atoms with Gasteiger partial charge in [0.25, 0.3) is 0 Å². The van der Waals surface area contributed by atoms with E-state index in [1.807, 2.05) is 0 Å². The van der Waals surface area contributed by atoms with Crippen molar-refractivity contribution < 1.29 is 28.6 Å². The SMILES string of the molecule is CC/C=C\C/C=C\C/C=C\CCCCC(=O)OCC(COC(=O)CCC/C=C\C/C=C\C/C=C\CCCCCCCC)OC(=O)CCCCCCCCC/C=C\CCCCCCCC. The summed E-state index contributed by atoms with van der Waals surface area (Å²) in [6.07, 6.45) is 67.2. The van der Waals surface area contributed by atoms with E-state index in [9.17, 15) is 14.4 Å². The number of hydrogen-bond donors (Lipinski definition) is 0. The summed E-state index contributed by atoms with van der Waals surface area (Å²) in [5.41, 5.74) is 0. The Hall–Kier alpha value is -3.41. The molecular formula is C58H98O6. The van der Waals surface area contributed by atoms with Crippen LogP contribution in [0, 0.1) is 0 Å². The predicted octanol–water partition coefficient (Wildman–Crippen LogP) is 17.6. The molecule has 0 aliphatic rings. The smallest absolute Gasteiger partial charge is 0.306 e. The molecule has 366 valence electrons. The van der Waals surface area contributed by atoms with Gasteiger partial charge in [0.15, 0.2) is 6.10 Å². The second-order valence-corrected chi connectivity index (χ2v) is 17.4. The largest absolute Gasteiger partial charge is 0.462 e. The predicted molar refractivity (Wildman–Crippen MR) is 274 cm³/mol. The van der Waals surface area contributed by atoms with Crippen LogP contribution in [-0.2, 0) is 28.6 Å². The van der Waals surface area contributed by atoms with Gasteiger partial charge < -0.3 is 14.2 Å². The lowest BCUT2D eigenvalue weighted by Crippen LogP contribution is -2.30. The Morgan fingerprint density at radius 2 is 0.625 bits per heavy atom. The number of carbonyl (C=O) groups is 3. The van der Waals surface area contributed by atoms with E-state index in [0.29, 0.717) is 19.3 Å². The summed E-state index contributed by atoms with van der Waals surface area (Å²) in [6.45, 7) is 6.43. The van der Waals surface area contributed by atoms with Crippen LogP contribution in [-0.4, -0.2) is 37.2 Å². The van der Waals surface area contributed by atoms with Crippen LogP contribution in [0.25, 0.3) is 0 Å². The summed E-state index contributed by atoms with van der Waals surface area (Å²) >= 11 is 0. The van der Waals surface area contributed by atoms with Crippen LogP contribution in [0.5, 0.6) is 0 Å². The lowest BCUT2D eigenvalue weighted by atomic mass is 10.1. The fourth-order valence-electron chi connectivity index (χ4n) is 7.11. The third-order valence-electron chi connectivity index (χ3n) is 11.1. The van der Waals surface area contributed by atoms with Crippen LogP contribution in [0.15, 0.2) is 85.1 Å². The van der Waals surface area contributed by atoms with Crippen molar-refractivity contribution in [3.8, 4) is 0 Å². The molecule has 0 aromatic heterocycles. The van der Waals surface area contributed by atoms with Crippen LogP contribution >= 0.6 is 0 Å². The molecule has 1 atom stereocenters. The van der Waals surface area contributed by atoms with Gasteiger partial charge in [0.1, 0.15) is 13.2 Å².